The van der Waals surface area contributed by atoms with E-state index in [1.807, 2.05) is 6.92 Å². The highest BCUT2D eigenvalue weighted by Gasteiger charge is 2.27. The number of nitrogens with two attached hydrogens (primary N) is 1. The summed E-state index contributed by atoms with van der Waals surface area (Å²) < 4.78 is 27.7. The lowest BCUT2D eigenvalue weighted by molar-refractivity contribution is -0.116. The van der Waals surface area contributed by atoms with E-state index in [-0.39, 0.29) is 11.4 Å². The van der Waals surface area contributed by atoms with Crippen LogP contribution in [-0.2, 0) is 21.4 Å². The second-order valence-corrected chi connectivity index (χ2v) is 9.58. The fourth-order valence-electron chi connectivity index (χ4n) is 2.96. The highest BCUT2D eigenvalue weighted by molar-refractivity contribution is 7.89. The molecule has 0 unspecified atom stereocenters. The Morgan fingerprint density at radius 1 is 0.938 bits per heavy atom. The van der Waals surface area contributed by atoms with Crippen molar-refractivity contribution in [3.8, 4) is 0 Å². The Hall–Kier alpha value is -3.20. The smallest absolute Gasteiger partial charge is 0.248 e. The minimum absolute atomic E-state index is 0.0125. The first-order valence-electron chi connectivity index (χ1n) is 9.66. The number of primary amides is 1. The van der Waals surface area contributed by atoms with Crippen molar-refractivity contribution in [3.05, 3.63) is 94.5 Å². The van der Waals surface area contributed by atoms with Crippen molar-refractivity contribution < 1.29 is 18.0 Å². The minimum atomic E-state index is -3.95. The van der Waals surface area contributed by atoms with Gasteiger partial charge in [0.15, 0.2) is 0 Å². The molecule has 0 atom stereocenters. The van der Waals surface area contributed by atoms with Gasteiger partial charge in [-0.2, -0.15) is 4.31 Å². The van der Waals surface area contributed by atoms with Crippen LogP contribution < -0.4 is 11.1 Å². The van der Waals surface area contributed by atoms with Crippen molar-refractivity contribution in [3.63, 3.8) is 0 Å². The number of hydrogen-bond acceptors (Lipinski definition) is 4. The van der Waals surface area contributed by atoms with E-state index >= 15 is 0 Å². The molecule has 9 heteroatoms. The molecule has 0 bridgehead atoms. The van der Waals surface area contributed by atoms with Crippen LogP contribution in [0, 0.1) is 6.92 Å². The van der Waals surface area contributed by atoms with Gasteiger partial charge in [0, 0.05) is 22.8 Å². The van der Waals surface area contributed by atoms with Crippen molar-refractivity contribution in [2.75, 3.05) is 11.9 Å². The maximum Gasteiger partial charge on any atom is 0.248 e. The summed E-state index contributed by atoms with van der Waals surface area (Å²) in [7, 11) is -3.95. The van der Waals surface area contributed by atoms with Crippen molar-refractivity contribution in [1.82, 2.24) is 4.31 Å². The zero-order chi connectivity index (χ0) is 23.3. The Kier molecular flexibility index (Phi) is 7.29. The Morgan fingerprint density at radius 3 is 2.09 bits per heavy atom. The number of rotatable bonds is 8. The first-order valence-corrected chi connectivity index (χ1v) is 11.5. The van der Waals surface area contributed by atoms with Crippen LogP contribution in [0.5, 0.6) is 0 Å². The lowest BCUT2D eigenvalue weighted by Gasteiger charge is -2.22. The van der Waals surface area contributed by atoms with Crippen LogP contribution >= 0.6 is 11.6 Å². The number of aryl methyl sites for hydroxylation is 1. The van der Waals surface area contributed by atoms with Crippen LogP contribution in [0.1, 0.15) is 21.5 Å². The highest BCUT2D eigenvalue weighted by Crippen LogP contribution is 2.20. The fourth-order valence-corrected chi connectivity index (χ4v) is 4.47. The van der Waals surface area contributed by atoms with Crippen LogP contribution in [0.25, 0.3) is 0 Å². The third kappa shape index (κ3) is 5.94. The third-order valence-electron chi connectivity index (χ3n) is 4.70. The molecule has 3 rings (SSSR count). The van der Waals surface area contributed by atoms with Crippen LogP contribution in [-0.4, -0.2) is 31.1 Å². The van der Waals surface area contributed by atoms with Gasteiger partial charge in [0.05, 0.1) is 11.4 Å². The molecule has 0 aliphatic rings. The zero-order valence-electron chi connectivity index (χ0n) is 17.3. The summed E-state index contributed by atoms with van der Waals surface area (Å²) in [6.07, 6.45) is 0. The molecule has 0 fully saturated rings. The van der Waals surface area contributed by atoms with Gasteiger partial charge < -0.3 is 11.1 Å². The number of sulfonamides is 1. The zero-order valence-corrected chi connectivity index (χ0v) is 18.9. The number of carbonyl (C=O) groups is 2. The van der Waals surface area contributed by atoms with E-state index in [0.29, 0.717) is 21.8 Å². The predicted octanol–water partition coefficient (Wildman–Crippen LogP) is 3.58. The summed E-state index contributed by atoms with van der Waals surface area (Å²) in [6.45, 7) is 1.44. The first kappa shape index (κ1) is 23.5. The number of halogens is 1. The largest absolute Gasteiger partial charge is 0.366 e. The van der Waals surface area contributed by atoms with Crippen molar-refractivity contribution in [2.24, 2.45) is 5.73 Å². The van der Waals surface area contributed by atoms with Gasteiger partial charge in [-0.1, -0.05) is 41.4 Å². The molecule has 0 radical (unpaired) electrons. The molecule has 0 aliphatic heterocycles. The van der Waals surface area contributed by atoms with Gasteiger partial charge >= 0.3 is 0 Å². The molecule has 0 aliphatic carbocycles. The van der Waals surface area contributed by atoms with Crippen molar-refractivity contribution in [2.45, 2.75) is 18.4 Å². The van der Waals surface area contributed by atoms with Crippen LogP contribution in [0.2, 0.25) is 5.02 Å². The lowest BCUT2D eigenvalue weighted by atomic mass is 10.2. The lowest BCUT2D eigenvalue weighted by Crippen LogP contribution is -2.37. The quantitative estimate of drug-likeness (QED) is 0.523. The molecule has 32 heavy (non-hydrogen) atoms. The van der Waals surface area contributed by atoms with Crippen LogP contribution in [0.15, 0.2) is 77.7 Å². The number of nitrogens with zero attached hydrogens (tertiary/aromatic N) is 1. The predicted molar refractivity (Wildman–Crippen MR) is 124 cm³/mol. The number of nitrogens with one attached hydrogen (secondary N) is 1. The number of benzene rings is 3. The van der Waals surface area contributed by atoms with Gasteiger partial charge in [-0.05, 0) is 61.0 Å². The fraction of sp³-hybridized carbons (Fsp3) is 0.130. The molecular weight excluding hydrogens is 450 g/mol. The average molecular weight is 472 g/mol. The summed E-state index contributed by atoms with van der Waals surface area (Å²) in [4.78, 5) is 24.0. The van der Waals surface area contributed by atoms with Crippen LogP contribution in [0.4, 0.5) is 5.69 Å². The molecule has 3 aromatic carbocycles. The molecule has 0 aromatic heterocycles. The van der Waals surface area contributed by atoms with E-state index in [4.69, 9.17) is 17.3 Å². The summed E-state index contributed by atoms with van der Waals surface area (Å²) >= 11 is 5.93. The second kappa shape index (κ2) is 9.95. The average Bonchev–Trinajstić information content (AvgIpc) is 2.75. The summed E-state index contributed by atoms with van der Waals surface area (Å²) in [5.74, 6) is -1.11. The van der Waals surface area contributed by atoms with E-state index < -0.39 is 28.4 Å². The molecule has 3 N–H and O–H groups in total. The number of amides is 2. The van der Waals surface area contributed by atoms with Gasteiger partial charge in [-0.15, -0.1) is 0 Å². The number of anilines is 1. The Balaban J connectivity index is 1.84. The van der Waals surface area contributed by atoms with Gasteiger partial charge in [0.25, 0.3) is 0 Å². The second-order valence-electron chi connectivity index (χ2n) is 7.20. The number of hydrogen-bond donors (Lipinski definition) is 2. The van der Waals surface area contributed by atoms with E-state index in [1.54, 1.807) is 36.4 Å². The molecule has 0 saturated heterocycles. The molecular formula is C23H22ClN3O4S. The van der Waals surface area contributed by atoms with E-state index in [9.17, 15) is 18.0 Å². The Morgan fingerprint density at radius 2 is 1.53 bits per heavy atom. The maximum absolute atomic E-state index is 13.3. The Labute approximate surface area is 191 Å². The standard InChI is InChI=1S/C23H22ClN3O4S/c1-16-2-12-21(13-3-16)32(30,31)27(14-17-4-8-19(24)9-5-17)15-22(28)26-20-10-6-18(7-11-20)23(25)29/h2-13H,14-15H2,1H3,(H2,25,29)(H,26,28). The van der Waals surface area contributed by atoms with E-state index in [1.165, 1.54) is 36.4 Å². The summed E-state index contributed by atoms with van der Waals surface area (Å²) in [5.41, 5.74) is 7.54. The molecule has 7 nitrogen and oxygen atoms in total. The molecule has 166 valence electrons. The van der Waals surface area contributed by atoms with Gasteiger partial charge in [-0.25, -0.2) is 8.42 Å². The van der Waals surface area contributed by atoms with Crippen molar-refractivity contribution >= 4 is 39.1 Å². The summed E-state index contributed by atoms with van der Waals surface area (Å²) in [5, 5.41) is 3.17. The molecule has 3 aromatic rings. The SMILES string of the molecule is Cc1ccc(S(=O)(=O)N(CC(=O)Nc2ccc(C(N)=O)cc2)Cc2ccc(Cl)cc2)cc1. The van der Waals surface area contributed by atoms with Crippen LogP contribution in [0.3, 0.4) is 0 Å². The summed E-state index contributed by atoms with van der Waals surface area (Å²) in [6, 6.07) is 19.2. The first-order chi connectivity index (χ1) is 15.1. The van der Waals surface area contributed by atoms with Crippen molar-refractivity contribution in [1.29, 1.82) is 0 Å². The van der Waals surface area contributed by atoms with Gasteiger partial charge in [0.2, 0.25) is 21.8 Å². The minimum Gasteiger partial charge on any atom is -0.366 e. The Bertz CT molecular complexity index is 1210. The van der Waals surface area contributed by atoms with Gasteiger partial charge in [0.1, 0.15) is 0 Å². The molecule has 2 amide bonds. The molecule has 0 saturated carbocycles. The monoisotopic (exact) mass is 471 g/mol. The molecule has 0 spiro atoms. The van der Waals surface area contributed by atoms with E-state index in [0.717, 1.165) is 9.87 Å². The maximum atomic E-state index is 13.3. The third-order valence-corrected chi connectivity index (χ3v) is 6.76. The van der Waals surface area contributed by atoms with Gasteiger partial charge in [-0.3, -0.25) is 9.59 Å². The highest BCUT2D eigenvalue weighted by atomic mass is 35.5. The van der Waals surface area contributed by atoms with E-state index in [2.05, 4.69) is 5.32 Å². The molecule has 0 heterocycles. The number of carbonyl (C=O) groups excluding carboxylic acids is 2. The normalized spacial score (nSPS) is 11.3. The topological polar surface area (TPSA) is 110 Å².